The van der Waals surface area contributed by atoms with Crippen molar-refractivity contribution in [3.05, 3.63) is 17.6 Å². The number of halogens is 1. The van der Waals surface area contributed by atoms with E-state index in [1.807, 2.05) is 6.92 Å². The van der Waals surface area contributed by atoms with E-state index in [1.165, 1.54) is 0 Å². The number of alkyl halides is 1. The van der Waals surface area contributed by atoms with Crippen LogP contribution in [0.5, 0.6) is 0 Å². The maximum atomic E-state index is 6.05. The third-order valence-electron chi connectivity index (χ3n) is 3.35. The van der Waals surface area contributed by atoms with E-state index in [4.69, 9.17) is 9.72 Å². The van der Waals surface area contributed by atoms with Crippen LogP contribution in [0.3, 0.4) is 0 Å². The van der Waals surface area contributed by atoms with Crippen LogP contribution in [0.4, 0.5) is 5.82 Å². The molecule has 1 aromatic heterocycles. The van der Waals surface area contributed by atoms with Crippen LogP contribution in [0.2, 0.25) is 0 Å². The van der Waals surface area contributed by atoms with E-state index in [1.54, 1.807) is 0 Å². The molecule has 1 saturated heterocycles. The molecule has 112 valence electrons. The predicted molar refractivity (Wildman–Crippen MR) is 85.8 cm³/mol. The van der Waals surface area contributed by atoms with Gasteiger partial charge < -0.3 is 9.64 Å². The molecule has 0 aliphatic carbocycles. The Morgan fingerprint density at radius 1 is 1.45 bits per heavy atom. The lowest BCUT2D eigenvalue weighted by atomic mass is 10.1. The summed E-state index contributed by atoms with van der Waals surface area (Å²) in [7, 11) is 0. The topological polar surface area (TPSA) is 38.2 Å². The number of hydrogen-bond donors (Lipinski definition) is 0. The van der Waals surface area contributed by atoms with Crippen molar-refractivity contribution in [2.24, 2.45) is 0 Å². The molecule has 0 aromatic carbocycles. The summed E-state index contributed by atoms with van der Waals surface area (Å²) >= 11 is 3.53. The first kappa shape index (κ1) is 15.7. The van der Waals surface area contributed by atoms with Crippen molar-refractivity contribution in [2.45, 2.75) is 52.2 Å². The number of aromatic nitrogens is 2. The highest BCUT2D eigenvalue weighted by Crippen LogP contribution is 2.26. The zero-order valence-electron chi connectivity index (χ0n) is 13.0. The van der Waals surface area contributed by atoms with Crippen molar-refractivity contribution >= 4 is 21.7 Å². The Labute approximate surface area is 130 Å². The number of ether oxygens (including phenoxy) is 1. The smallest absolute Gasteiger partial charge is 0.133 e. The maximum Gasteiger partial charge on any atom is 0.133 e. The van der Waals surface area contributed by atoms with Crippen molar-refractivity contribution in [2.75, 3.05) is 23.3 Å². The van der Waals surface area contributed by atoms with Gasteiger partial charge in [0, 0.05) is 36.1 Å². The summed E-state index contributed by atoms with van der Waals surface area (Å²) in [6, 6.07) is 2.07. The molecular weight excluding hydrogens is 318 g/mol. The Bertz CT molecular complexity index is 476. The van der Waals surface area contributed by atoms with Gasteiger partial charge in [0.1, 0.15) is 11.6 Å². The number of morpholine rings is 1. The van der Waals surface area contributed by atoms with Crippen LogP contribution in [0.15, 0.2) is 6.07 Å². The molecule has 0 amide bonds. The summed E-state index contributed by atoms with van der Waals surface area (Å²) in [5, 5.41) is 0.841. The number of aryl methyl sites for hydroxylation is 1. The van der Waals surface area contributed by atoms with Crippen molar-refractivity contribution in [3.63, 3.8) is 0 Å². The maximum absolute atomic E-state index is 6.05. The Balaban J connectivity index is 2.30. The Hall–Kier alpha value is -0.680. The average molecular weight is 342 g/mol. The summed E-state index contributed by atoms with van der Waals surface area (Å²) in [6.07, 6.45) is 0.191. The van der Waals surface area contributed by atoms with Crippen molar-refractivity contribution in [1.82, 2.24) is 9.97 Å². The van der Waals surface area contributed by atoms with Gasteiger partial charge in [-0.1, -0.05) is 29.8 Å². The molecule has 1 aromatic rings. The number of nitrogens with zero attached hydrogens (tertiary/aromatic N) is 3. The molecule has 20 heavy (non-hydrogen) atoms. The largest absolute Gasteiger partial charge is 0.368 e. The molecule has 2 rings (SSSR count). The van der Waals surface area contributed by atoms with Gasteiger partial charge in [0.25, 0.3) is 0 Å². The summed E-state index contributed by atoms with van der Waals surface area (Å²) in [6.45, 7) is 12.3. The molecule has 1 atom stereocenters. The second kappa shape index (κ2) is 5.98. The molecule has 0 saturated carbocycles. The van der Waals surface area contributed by atoms with Gasteiger partial charge in [-0.2, -0.15) is 0 Å². The van der Waals surface area contributed by atoms with Crippen LogP contribution >= 0.6 is 15.9 Å². The van der Waals surface area contributed by atoms with E-state index in [0.29, 0.717) is 5.92 Å². The molecule has 2 heterocycles. The van der Waals surface area contributed by atoms with Gasteiger partial charge in [-0.05, 0) is 20.8 Å². The summed E-state index contributed by atoms with van der Waals surface area (Å²) < 4.78 is 6.05. The minimum absolute atomic E-state index is 0.159. The molecular formula is C15H24BrN3O. The van der Waals surface area contributed by atoms with Crippen LogP contribution < -0.4 is 4.90 Å². The van der Waals surface area contributed by atoms with Gasteiger partial charge in [-0.3, -0.25) is 0 Å². The highest BCUT2D eigenvalue weighted by molar-refractivity contribution is 9.09. The van der Waals surface area contributed by atoms with E-state index in [2.05, 4.69) is 59.6 Å². The zero-order chi connectivity index (χ0) is 14.9. The lowest BCUT2D eigenvalue weighted by molar-refractivity contribution is -0.0726. The van der Waals surface area contributed by atoms with Gasteiger partial charge >= 0.3 is 0 Å². The highest BCUT2D eigenvalue weighted by Gasteiger charge is 2.33. The van der Waals surface area contributed by atoms with Crippen molar-refractivity contribution < 1.29 is 4.74 Å². The molecule has 0 spiro atoms. The second-order valence-corrected chi connectivity index (χ2v) is 7.06. The van der Waals surface area contributed by atoms with E-state index in [-0.39, 0.29) is 11.7 Å². The average Bonchev–Trinajstić information content (AvgIpc) is 2.36. The molecule has 1 fully saturated rings. The van der Waals surface area contributed by atoms with Gasteiger partial charge in [0.15, 0.2) is 0 Å². The molecule has 0 radical (unpaired) electrons. The van der Waals surface area contributed by atoms with E-state index in [0.717, 1.165) is 35.8 Å². The lowest BCUT2D eigenvalue weighted by Crippen LogP contribution is -2.53. The summed E-state index contributed by atoms with van der Waals surface area (Å²) in [4.78, 5) is 11.6. The quantitative estimate of drug-likeness (QED) is 0.790. The number of rotatable bonds is 3. The zero-order valence-corrected chi connectivity index (χ0v) is 14.6. The molecule has 5 heteroatoms. The van der Waals surface area contributed by atoms with Crippen LogP contribution in [-0.2, 0) is 4.74 Å². The fourth-order valence-corrected chi connectivity index (χ4v) is 2.88. The van der Waals surface area contributed by atoms with Gasteiger partial charge in [-0.15, -0.1) is 0 Å². The second-order valence-electron chi connectivity index (χ2n) is 6.41. The van der Waals surface area contributed by atoms with Gasteiger partial charge in [0.05, 0.1) is 11.7 Å². The van der Waals surface area contributed by atoms with E-state index < -0.39 is 0 Å². The number of hydrogen-bond acceptors (Lipinski definition) is 4. The molecule has 1 aliphatic heterocycles. The minimum Gasteiger partial charge on any atom is -0.368 e. The SMILES string of the molecule is Cc1cc(N2CC(CBr)OC(C)(C)C2)nc(C(C)C)n1. The minimum atomic E-state index is -0.159. The Kier molecular flexibility index (Phi) is 4.69. The monoisotopic (exact) mass is 341 g/mol. The first-order chi connectivity index (χ1) is 9.30. The Morgan fingerprint density at radius 3 is 2.75 bits per heavy atom. The molecule has 0 bridgehead atoms. The van der Waals surface area contributed by atoms with Crippen LogP contribution in [0, 0.1) is 6.92 Å². The normalized spacial score (nSPS) is 22.4. The molecule has 1 aliphatic rings. The fourth-order valence-electron chi connectivity index (χ4n) is 2.55. The molecule has 0 N–H and O–H groups in total. The van der Waals surface area contributed by atoms with Crippen LogP contribution in [0.1, 0.15) is 45.1 Å². The first-order valence-electron chi connectivity index (χ1n) is 7.15. The molecule has 1 unspecified atom stereocenters. The van der Waals surface area contributed by atoms with Gasteiger partial charge in [-0.25, -0.2) is 9.97 Å². The summed E-state index contributed by atoms with van der Waals surface area (Å²) in [5.41, 5.74) is 0.867. The van der Waals surface area contributed by atoms with Crippen LogP contribution in [0.25, 0.3) is 0 Å². The third-order valence-corrected chi connectivity index (χ3v) is 4.07. The lowest BCUT2D eigenvalue weighted by Gasteiger charge is -2.43. The van der Waals surface area contributed by atoms with Crippen molar-refractivity contribution in [3.8, 4) is 0 Å². The van der Waals surface area contributed by atoms with Gasteiger partial charge in [0.2, 0.25) is 0 Å². The highest BCUT2D eigenvalue weighted by atomic mass is 79.9. The number of anilines is 1. The fraction of sp³-hybridized carbons (Fsp3) is 0.733. The predicted octanol–water partition coefficient (Wildman–Crippen LogP) is 3.29. The first-order valence-corrected chi connectivity index (χ1v) is 8.27. The Morgan fingerprint density at radius 2 is 2.15 bits per heavy atom. The van der Waals surface area contributed by atoms with E-state index >= 15 is 0 Å². The standard InChI is InChI=1S/C15H24BrN3O/c1-10(2)14-17-11(3)6-13(18-14)19-8-12(7-16)20-15(4,5)9-19/h6,10,12H,7-9H2,1-5H3. The third kappa shape index (κ3) is 3.70. The van der Waals surface area contributed by atoms with Crippen molar-refractivity contribution in [1.29, 1.82) is 0 Å². The molecule has 4 nitrogen and oxygen atoms in total. The van der Waals surface area contributed by atoms with E-state index in [9.17, 15) is 0 Å². The van der Waals surface area contributed by atoms with Crippen LogP contribution in [-0.4, -0.2) is 40.1 Å². The summed E-state index contributed by atoms with van der Waals surface area (Å²) in [5.74, 6) is 2.28.